The van der Waals surface area contributed by atoms with E-state index >= 15 is 0 Å². The van der Waals surface area contributed by atoms with Crippen molar-refractivity contribution < 1.29 is 18.8 Å². The van der Waals surface area contributed by atoms with Gasteiger partial charge in [-0.2, -0.15) is 5.10 Å². The molecule has 0 aromatic carbocycles. The monoisotopic (exact) mass is 724 g/mol. The third-order valence-corrected chi connectivity index (χ3v) is 12.8. The van der Waals surface area contributed by atoms with Crippen molar-refractivity contribution in [1.82, 2.24) is 19.9 Å². The number of amides is 2. The highest BCUT2D eigenvalue weighted by molar-refractivity contribution is 6.76. The molecular formula is C38H57ClN6O4Si. The van der Waals surface area contributed by atoms with Crippen LogP contribution < -0.4 is 11.1 Å². The number of aromatic nitrogens is 4. The maximum atomic E-state index is 14.7. The number of ether oxygens (including phenoxy) is 1. The van der Waals surface area contributed by atoms with Crippen molar-refractivity contribution in [3.8, 4) is 11.1 Å². The van der Waals surface area contributed by atoms with Crippen molar-refractivity contribution in [1.29, 1.82) is 0 Å². The smallest absolute Gasteiger partial charge is 0.254 e. The van der Waals surface area contributed by atoms with E-state index in [4.69, 9.17) is 31.7 Å². The van der Waals surface area contributed by atoms with Crippen molar-refractivity contribution in [3.05, 3.63) is 45.7 Å². The summed E-state index contributed by atoms with van der Waals surface area (Å²) in [7, 11) is -1.19. The first-order chi connectivity index (χ1) is 23.8. The van der Waals surface area contributed by atoms with Gasteiger partial charge < -0.3 is 20.3 Å². The van der Waals surface area contributed by atoms with E-state index in [1.54, 1.807) is 6.07 Å². The third kappa shape index (κ3) is 8.88. The average molecular weight is 725 g/mol. The number of hydrogen-bond donors (Lipinski definition) is 2. The number of rotatable bonds is 14. The van der Waals surface area contributed by atoms with Gasteiger partial charge in [0, 0.05) is 31.5 Å². The number of primary amides is 1. The summed E-state index contributed by atoms with van der Waals surface area (Å²) in [6.07, 6.45) is 11.2. The molecule has 2 amide bonds. The lowest BCUT2D eigenvalue weighted by Crippen LogP contribution is -2.39. The van der Waals surface area contributed by atoms with Gasteiger partial charge in [0.05, 0.1) is 11.4 Å². The summed E-state index contributed by atoms with van der Waals surface area (Å²) >= 11 is 6.87. The van der Waals surface area contributed by atoms with Gasteiger partial charge in [-0.05, 0) is 55.7 Å². The Hall–Kier alpha value is -3.02. The molecule has 274 valence electrons. The van der Waals surface area contributed by atoms with Gasteiger partial charge in [0.2, 0.25) is 5.91 Å². The lowest BCUT2D eigenvalue weighted by atomic mass is 9.63. The predicted molar refractivity (Wildman–Crippen MR) is 201 cm³/mol. The predicted octanol–water partition coefficient (Wildman–Crippen LogP) is 9.24. The second-order valence-electron chi connectivity index (χ2n) is 16.1. The summed E-state index contributed by atoms with van der Waals surface area (Å²) in [5, 5.41) is 12.4. The highest BCUT2D eigenvalue weighted by atomic mass is 35.5. The van der Waals surface area contributed by atoms with Gasteiger partial charge in [-0.15, -0.1) is 0 Å². The number of nitrogens with one attached hydrogen (secondary N) is 1. The fourth-order valence-electron chi connectivity index (χ4n) is 8.24. The van der Waals surface area contributed by atoms with E-state index in [2.05, 4.69) is 35.1 Å². The van der Waals surface area contributed by atoms with E-state index < -0.39 is 19.9 Å². The number of hydrogen-bond acceptors (Lipinski definition) is 7. The Morgan fingerprint density at radius 3 is 2.20 bits per heavy atom. The van der Waals surface area contributed by atoms with Gasteiger partial charge in [0.1, 0.15) is 29.2 Å². The van der Waals surface area contributed by atoms with Crippen LogP contribution in [0.1, 0.15) is 123 Å². The summed E-state index contributed by atoms with van der Waals surface area (Å²) in [6, 6.07) is 4.75. The van der Waals surface area contributed by atoms with Crippen LogP contribution in [0.2, 0.25) is 30.8 Å². The van der Waals surface area contributed by atoms with Crippen LogP contribution in [0.25, 0.3) is 11.1 Å². The zero-order chi connectivity index (χ0) is 36.2. The molecule has 0 aliphatic heterocycles. The molecule has 0 spiro atoms. The number of nitrogens with two attached hydrogens (primary N) is 1. The minimum atomic E-state index is -1.19. The minimum absolute atomic E-state index is 0.0134. The van der Waals surface area contributed by atoms with Crippen LogP contribution in [-0.4, -0.2) is 46.4 Å². The number of carbonyl (C=O) groups is 2. The molecule has 2 aliphatic carbocycles. The van der Waals surface area contributed by atoms with Crippen molar-refractivity contribution in [2.24, 2.45) is 23.5 Å². The molecule has 3 aromatic heterocycles. The van der Waals surface area contributed by atoms with Gasteiger partial charge >= 0.3 is 0 Å². The van der Waals surface area contributed by atoms with Gasteiger partial charge in [0.25, 0.3) is 5.91 Å². The van der Waals surface area contributed by atoms with Gasteiger partial charge in [-0.3, -0.25) is 9.59 Å². The van der Waals surface area contributed by atoms with Crippen molar-refractivity contribution in [3.63, 3.8) is 0 Å². The number of aryl methyl sites for hydroxylation is 1. The van der Waals surface area contributed by atoms with Crippen molar-refractivity contribution >= 4 is 37.3 Å². The van der Waals surface area contributed by atoms with E-state index in [-0.39, 0.29) is 34.2 Å². The van der Waals surface area contributed by atoms with Crippen molar-refractivity contribution in [2.45, 2.75) is 136 Å². The second kappa shape index (κ2) is 16.5. The largest absolute Gasteiger partial charge is 0.365 e. The van der Waals surface area contributed by atoms with Gasteiger partial charge in [-0.25, -0.2) is 9.67 Å². The number of anilines is 1. The highest BCUT2D eigenvalue weighted by Crippen LogP contribution is 2.48. The number of nitrogens with zero attached hydrogens (tertiary/aromatic N) is 4. The molecule has 1 atom stereocenters. The van der Waals surface area contributed by atoms with E-state index in [9.17, 15) is 9.59 Å². The van der Waals surface area contributed by atoms with Crippen LogP contribution in [-0.2, 0) is 16.3 Å². The van der Waals surface area contributed by atoms with E-state index in [1.807, 2.05) is 38.4 Å². The molecule has 0 unspecified atom stereocenters. The average Bonchev–Trinajstić information content (AvgIpc) is 3.63. The molecule has 0 saturated heterocycles. The van der Waals surface area contributed by atoms with E-state index in [0.29, 0.717) is 36.7 Å². The fraction of sp³-hybridized carbons (Fsp3) is 0.658. The number of pyridine rings is 1. The molecular weight excluding hydrogens is 668 g/mol. The second-order valence-corrected chi connectivity index (χ2v) is 22.1. The minimum Gasteiger partial charge on any atom is -0.365 e. The normalized spacial score (nSPS) is 17.1. The highest BCUT2D eigenvalue weighted by Gasteiger charge is 2.45. The molecule has 2 fully saturated rings. The van der Waals surface area contributed by atoms with E-state index in [0.717, 1.165) is 79.9 Å². The first-order valence-corrected chi connectivity index (χ1v) is 22.7. The topological polar surface area (TPSA) is 138 Å². The van der Waals surface area contributed by atoms with E-state index in [1.165, 1.54) is 12.8 Å². The molecule has 3 heterocycles. The van der Waals surface area contributed by atoms with Crippen LogP contribution in [0.3, 0.4) is 0 Å². The summed E-state index contributed by atoms with van der Waals surface area (Å²) in [5.74, 6) is -0.460. The van der Waals surface area contributed by atoms with Crippen LogP contribution >= 0.6 is 11.6 Å². The van der Waals surface area contributed by atoms with Crippen LogP contribution in [0, 0.1) is 31.6 Å². The molecule has 50 heavy (non-hydrogen) atoms. The number of halogens is 1. The maximum absolute atomic E-state index is 14.7. The Balaban J connectivity index is 1.47. The first-order valence-electron chi connectivity index (χ1n) is 18.7. The summed E-state index contributed by atoms with van der Waals surface area (Å²) in [5.41, 5.74) is 10.1. The van der Waals surface area contributed by atoms with Gasteiger partial charge in [0.15, 0.2) is 5.76 Å². The Labute approximate surface area is 303 Å². The lowest BCUT2D eigenvalue weighted by Gasteiger charge is -2.41. The number of carbonyl (C=O) groups excluding carboxylic acids is 2. The van der Waals surface area contributed by atoms with Gasteiger partial charge in [-0.1, -0.05) is 114 Å². The first kappa shape index (κ1) is 38.2. The third-order valence-electron chi connectivity index (χ3n) is 10.8. The Bertz CT molecular complexity index is 1620. The quantitative estimate of drug-likeness (QED) is 0.0960. The zero-order valence-corrected chi connectivity index (χ0v) is 32.9. The van der Waals surface area contributed by atoms with Crippen LogP contribution in [0.15, 0.2) is 16.7 Å². The summed E-state index contributed by atoms with van der Waals surface area (Å²) < 4.78 is 13.8. The van der Waals surface area contributed by atoms with Crippen LogP contribution in [0.5, 0.6) is 0 Å². The summed E-state index contributed by atoms with van der Waals surface area (Å²) in [6.45, 7) is 15.9. The molecule has 10 nitrogen and oxygen atoms in total. The SMILES string of the molecule is Cc1nn(COCC[Si](C)(C)C)c(C)c1-c1ccc(NC(=O)[C@H](c2onc(C(C)C)c2C(N)=O)C(C2CCCCC2)C2CCCCC2)nc1Cl. The standard InChI is InChI=1S/C38H57ClN6O4Si/c1-23(2)34-33(37(40)46)35(49-44-34)32(31(26-14-10-8-11-15-26)27-16-12-9-13-17-27)38(47)42-29-19-18-28(36(39)41-29)30-24(3)43-45(25(30)4)22-48-20-21-50(5,6)7/h18-19,23,26-27,31-32H,8-17,20-22H2,1-7H3,(H2,40,46)(H,41,42,47)/t32-/m0/s1. The molecule has 3 aromatic rings. The fourth-order valence-corrected chi connectivity index (χ4v) is 9.25. The molecule has 0 bridgehead atoms. The van der Waals surface area contributed by atoms with Crippen LogP contribution in [0.4, 0.5) is 5.82 Å². The summed E-state index contributed by atoms with van der Waals surface area (Å²) in [4.78, 5) is 32.4. The Morgan fingerprint density at radius 2 is 1.66 bits per heavy atom. The lowest BCUT2D eigenvalue weighted by molar-refractivity contribution is -0.121. The zero-order valence-electron chi connectivity index (χ0n) is 31.1. The maximum Gasteiger partial charge on any atom is 0.254 e. The molecule has 0 radical (unpaired) electrons. The molecule has 12 heteroatoms. The molecule has 2 aliphatic rings. The molecule has 3 N–H and O–H groups in total. The Kier molecular flexibility index (Phi) is 12.6. The van der Waals surface area contributed by atoms with Crippen molar-refractivity contribution in [2.75, 3.05) is 11.9 Å². The Morgan fingerprint density at radius 1 is 1.04 bits per heavy atom. The molecule has 5 rings (SSSR count). The molecule has 2 saturated carbocycles.